The van der Waals surface area contributed by atoms with Crippen LogP contribution < -0.4 is 9.64 Å². The maximum Gasteiger partial charge on any atom is 0.265 e. The maximum atomic E-state index is 12.7. The van der Waals surface area contributed by atoms with Crippen LogP contribution in [0, 0.1) is 5.92 Å². The van der Waals surface area contributed by atoms with Crippen LogP contribution in [-0.4, -0.2) is 43.0 Å². The normalized spacial score (nSPS) is 17.2. The lowest BCUT2D eigenvalue weighted by atomic mass is 9.90. The summed E-state index contributed by atoms with van der Waals surface area (Å²) in [6.07, 6.45) is 3.52. The lowest BCUT2D eigenvalue weighted by molar-refractivity contribution is -0.132. The number of nitrogens with zero attached hydrogens (tertiary/aromatic N) is 2. The average molecular weight is 378 g/mol. The SMILES string of the molecule is O=C(CCN1C(=O)COc2ccccc21)N1CCC(Cc2ccccc2)CC1. The van der Waals surface area contributed by atoms with E-state index in [4.69, 9.17) is 4.74 Å². The Balaban J connectivity index is 1.28. The van der Waals surface area contributed by atoms with Crippen molar-refractivity contribution in [3.05, 3.63) is 60.2 Å². The minimum absolute atomic E-state index is 0.0378. The van der Waals surface area contributed by atoms with Gasteiger partial charge in [-0.05, 0) is 42.9 Å². The van der Waals surface area contributed by atoms with Crippen molar-refractivity contribution in [3.63, 3.8) is 0 Å². The molecule has 28 heavy (non-hydrogen) atoms. The molecule has 0 saturated carbocycles. The average Bonchev–Trinajstić information content (AvgIpc) is 2.74. The van der Waals surface area contributed by atoms with Gasteiger partial charge in [0, 0.05) is 26.1 Å². The van der Waals surface area contributed by atoms with Crippen molar-refractivity contribution in [1.82, 2.24) is 4.90 Å². The topological polar surface area (TPSA) is 49.9 Å². The second-order valence-electron chi connectivity index (χ2n) is 7.57. The molecule has 0 unspecified atom stereocenters. The quantitative estimate of drug-likeness (QED) is 0.802. The Morgan fingerprint density at radius 2 is 1.71 bits per heavy atom. The highest BCUT2D eigenvalue weighted by molar-refractivity contribution is 5.98. The lowest BCUT2D eigenvalue weighted by Crippen LogP contribution is -2.43. The summed E-state index contributed by atoms with van der Waals surface area (Å²) in [4.78, 5) is 28.6. The van der Waals surface area contributed by atoms with E-state index in [-0.39, 0.29) is 18.4 Å². The van der Waals surface area contributed by atoms with Gasteiger partial charge in [-0.2, -0.15) is 0 Å². The smallest absolute Gasteiger partial charge is 0.265 e. The van der Waals surface area contributed by atoms with Gasteiger partial charge in [0.2, 0.25) is 5.91 Å². The summed E-state index contributed by atoms with van der Waals surface area (Å²) in [6, 6.07) is 18.1. The van der Waals surface area contributed by atoms with E-state index in [0.717, 1.165) is 38.0 Å². The fourth-order valence-electron chi connectivity index (χ4n) is 4.10. The van der Waals surface area contributed by atoms with Crippen molar-refractivity contribution in [1.29, 1.82) is 0 Å². The molecule has 0 bridgehead atoms. The van der Waals surface area contributed by atoms with Gasteiger partial charge in [0.1, 0.15) is 5.75 Å². The standard InChI is InChI=1S/C23H26N2O3/c26-22(12-15-25-20-8-4-5-9-21(20)28-17-23(25)27)24-13-10-19(11-14-24)16-18-6-2-1-3-7-18/h1-9,19H,10-17H2. The number of carbonyl (C=O) groups excluding carboxylic acids is 2. The van der Waals surface area contributed by atoms with Crippen LogP contribution in [0.5, 0.6) is 5.75 Å². The number of amides is 2. The van der Waals surface area contributed by atoms with Crippen LogP contribution in [0.15, 0.2) is 54.6 Å². The third-order valence-electron chi connectivity index (χ3n) is 5.69. The fourth-order valence-corrected chi connectivity index (χ4v) is 4.10. The Kier molecular flexibility index (Phi) is 5.60. The monoisotopic (exact) mass is 378 g/mol. The summed E-state index contributed by atoms with van der Waals surface area (Å²) in [5.74, 6) is 1.39. The number of fused-ring (bicyclic) bond motifs is 1. The van der Waals surface area contributed by atoms with E-state index in [1.54, 1.807) is 4.90 Å². The summed E-state index contributed by atoms with van der Waals surface area (Å²) in [7, 11) is 0. The highest BCUT2D eigenvalue weighted by Crippen LogP contribution is 2.31. The molecule has 1 saturated heterocycles. The molecule has 146 valence electrons. The predicted octanol–water partition coefficient (Wildman–Crippen LogP) is 3.28. The Labute approximate surface area is 165 Å². The molecule has 5 heteroatoms. The molecule has 2 aromatic carbocycles. The fraction of sp³-hybridized carbons (Fsp3) is 0.391. The van der Waals surface area contributed by atoms with Crippen LogP contribution in [0.25, 0.3) is 0 Å². The van der Waals surface area contributed by atoms with Gasteiger partial charge < -0.3 is 14.5 Å². The molecule has 0 spiro atoms. The maximum absolute atomic E-state index is 12.7. The molecular formula is C23H26N2O3. The van der Waals surface area contributed by atoms with Crippen molar-refractivity contribution in [2.75, 3.05) is 31.1 Å². The summed E-state index contributed by atoms with van der Waals surface area (Å²) in [6.45, 7) is 2.06. The van der Waals surface area contributed by atoms with Gasteiger partial charge in [-0.3, -0.25) is 9.59 Å². The van der Waals surface area contributed by atoms with Gasteiger partial charge >= 0.3 is 0 Å². The van der Waals surface area contributed by atoms with Crippen LogP contribution in [0.2, 0.25) is 0 Å². The second kappa shape index (κ2) is 8.46. The number of anilines is 1. The van der Waals surface area contributed by atoms with E-state index >= 15 is 0 Å². The first kappa shape index (κ1) is 18.5. The summed E-state index contributed by atoms with van der Waals surface area (Å²) >= 11 is 0. The Morgan fingerprint density at radius 1 is 1.00 bits per heavy atom. The Bertz CT molecular complexity index is 829. The number of hydrogen-bond donors (Lipinski definition) is 0. The zero-order chi connectivity index (χ0) is 19.3. The molecule has 0 atom stereocenters. The second-order valence-corrected chi connectivity index (χ2v) is 7.57. The zero-order valence-electron chi connectivity index (χ0n) is 16.0. The van der Waals surface area contributed by atoms with Crippen molar-refractivity contribution >= 4 is 17.5 Å². The molecular weight excluding hydrogens is 352 g/mol. The number of carbonyl (C=O) groups is 2. The molecule has 2 aliphatic rings. The molecule has 0 N–H and O–H groups in total. The Hall–Kier alpha value is -2.82. The first-order valence-corrected chi connectivity index (χ1v) is 10.0. The van der Waals surface area contributed by atoms with E-state index in [9.17, 15) is 9.59 Å². The van der Waals surface area contributed by atoms with Crippen LogP contribution in [0.3, 0.4) is 0 Å². The van der Waals surface area contributed by atoms with E-state index in [1.165, 1.54) is 5.56 Å². The van der Waals surface area contributed by atoms with Crippen molar-refractivity contribution in [2.24, 2.45) is 5.92 Å². The number of rotatable bonds is 5. The molecule has 2 amide bonds. The summed E-state index contributed by atoms with van der Waals surface area (Å²) < 4.78 is 5.46. The van der Waals surface area contributed by atoms with E-state index in [1.807, 2.05) is 35.2 Å². The van der Waals surface area contributed by atoms with Gasteiger partial charge in [-0.15, -0.1) is 0 Å². The van der Waals surface area contributed by atoms with Gasteiger partial charge in [-0.1, -0.05) is 42.5 Å². The molecule has 0 aliphatic carbocycles. The third kappa shape index (κ3) is 4.19. The van der Waals surface area contributed by atoms with Crippen molar-refractivity contribution < 1.29 is 14.3 Å². The lowest BCUT2D eigenvalue weighted by Gasteiger charge is -2.33. The van der Waals surface area contributed by atoms with Crippen LogP contribution >= 0.6 is 0 Å². The number of hydrogen-bond acceptors (Lipinski definition) is 3. The molecule has 0 radical (unpaired) electrons. The minimum atomic E-state index is -0.0898. The summed E-state index contributed by atoms with van der Waals surface area (Å²) in [5, 5.41) is 0. The van der Waals surface area contributed by atoms with E-state index < -0.39 is 0 Å². The van der Waals surface area contributed by atoms with Gasteiger partial charge in [0.05, 0.1) is 5.69 Å². The highest BCUT2D eigenvalue weighted by atomic mass is 16.5. The zero-order valence-corrected chi connectivity index (χ0v) is 16.0. The molecule has 5 nitrogen and oxygen atoms in total. The van der Waals surface area contributed by atoms with Crippen LogP contribution in [-0.2, 0) is 16.0 Å². The van der Waals surface area contributed by atoms with E-state index in [0.29, 0.717) is 24.6 Å². The van der Waals surface area contributed by atoms with Gasteiger partial charge in [0.25, 0.3) is 5.91 Å². The molecule has 0 aromatic heterocycles. The van der Waals surface area contributed by atoms with E-state index in [2.05, 4.69) is 24.3 Å². The number of ether oxygens (including phenoxy) is 1. The molecule has 2 aliphatic heterocycles. The minimum Gasteiger partial charge on any atom is -0.482 e. The molecule has 1 fully saturated rings. The number of piperidine rings is 1. The summed E-state index contributed by atoms with van der Waals surface area (Å²) in [5.41, 5.74) is 2.13. The molecule has 2 heterocycles. The number of benzene rings is 2. The van der Waals surface area contributed by atoms with Crippen LogP contribution in [0.4, 0.5) is 5.69 Å². The van der Waals surface area contributed by atoms with Gasteiger partial charge in [-0.25, -0.2) is 0 Å². The van der Waals surface area contributed by atoms with Crippen molar-refractivity contribution in [2.45, 2.75) is 25.7 Å². The Morgan fingerprint density at radius 3 is 2.50 bits per heavy atom. The first-order valence-electron chi connectivity index (χ1n) is 10.0. The molecule has 2 aromatic rings. The van der Waals surface area contributed by atoms with Crippen LogP contribution in [0.1, 0.15) is 24.8 Å². The largest absolute Gasteiger partial charge is 0.482 e. The number of para-hydroxylation sites is 2. The highest BCUT2D eigenvalue weighted by Gasteiger charge is 2.27. The van der Waals surface area contributed by atoms with Crippen molar-refractivity contribution in [3.8, 4) is 5.75 Å². The predicted molar refractivity (Wildman–Crippen MR) is 108 cm³/mol. The molecule has 4 rings (SSSR count). The third-order valence-corrected chi connectivity index (χ3v) is 5.69. The van der Waals surface area contributed by atoms with Gasteiger partial charge in [0.15, 0.2) is 6.61 Å². The number of likely N-dealkylation sites (tertiary alicyclic amines) is 1. The first-order chi connectivity index (χ1) is 13.7.